The Kier molecular flexibility index (Phi) is 4.13. The normalized spacial score (nSPS) is 15.6. The molecule has 3 rings (SSSR count). The third-order valence-electron chi connectivity index (χ3n) is 4.52. The lowest BCUT2D eigenvalue weighted by Crippen LogP contribution is -2.29. The molecule has 3 N–H and O–H groups in total. The molecule has 1 aliphatic carbocycles. The predicted octanol–water partition coefficient (Wildman–Crippen LogP) is 2.65. The van der Waals surface area contributed by atoms with Crippen LogP contribution in [0, 0.1) is 5.92 Å². The van der Waals surface area contributed by atoms with E-state index in [2.05, 4.69) is 29.0 Å². The minimum atomic E-state index is -0.542. The van der Waals surface area contributed by atoms with E-state index >= 15 is 0 Å². The lowest BCUT2D eigenvalue weighted by Gasteiger charge is -2.15. The summed E-state index contributed by atoms with van der Waals surface area (Å²) in [5, 5.41) is 12.6. The van der Waals surface area contributed by atoms with E-state index < -0.39 is 5.91 Å². The van der Waals surface area contributed by atoms with Crippen molar-refractivity contribution in [3.05, 3.63) is 41.6 Å². The summed E-state index contributed by atoms with van der Waals surface area (Å²) in [7, 11) is 0. The maximum Gasteiger partial charge on any atom is 0.269 e. The number of hydrogen-bond donors (Lipinski definition) is 2. The van der Waals surface area contributed by atoms with Crippen LogP contribution in [0.4, 0.5) is 0 Å². The molecular weight excluding hydrogens is 288 g/mol. The maximum atomic E-state index is 11.7. The van der Waals surface area contributed by atoms with Gasteiger partial charge in [-0.1, -0.05) is 24.3 Å². The number of nitrogens with zero attached hydrogens (tertiary/aromatic N) is 2. The highest BCUT2D eigenvalue weighted by Crippen LogP contribution is 2.32. The van der Waals surface area contributed by atoms with Crippen molar-refractivity contribution in [2.24, 2.45) is 11.7 Å². The molecule has 1 aromatic heterocycles. The highest BCUT2D eigenvalue weighted by molar-refractivity contribution is 5.97. The van der Waals surface area contributed by atoms with Gasteiger partial charge in [0.05, 0.1) is 5.52 Å². The maximum absolute atomic E-state index is 11.7. The fourth-order valence-electron chi connectivity index (χ4n) is 2.83. The minimum Gasteiger partial charge on any atom is -0.364 e. The van der Waals surface area contributed by atoms with Crippen LogP contribution >= 0.6 is 0 Å². The van der Waals surface area contributed by atoms with Gasteiger partial charge in [0, 0.05) is 23.5 Å². The van der Waals surface area contributed by atoms with Crippen LogP contribution in [0.3, 0.4) is 0 Å². The molecule has 1 aliphatic rings. The summed E-state index contributed by atoms with van der Waals surface area (Å²) in [5.41, 5.74) is 9.29. The van der Waals surface area contributed by atoms with Crippen molar-refractivity contribution in [3.8, 4) is 0 Å². The van der Waals surface area contributed by atoms with Gasteiger partial charge in [0.15, 0.2) is 5.69 Å². The van der Waals surface area contributed by atoms with Gasteiger partial charge < -0.3 is 11.1 Å². The van der Waals surface area contributed by atoms with Gasteiger partial charge in [-0.2, -0.15) is 0 Å². The molecule has 23 heavy (non-hydrogen) atoms. The van der Waals surface area contributed by atoms with E-state index in [0.717, 1.165) is 33.5 Å². The fraction of sp³-hybridized carbons (Fsp3) is 0.389. The Morgan fingerprint density at radius 3 is 2.78 bits per heavy atom. The van der Waals surface area contributed by atoms with Crippen molar-refractivity contribution in [1.29, 1.82) is 0 Å². The molecule has 1 aromatic carbocycles. The van der Waals surface area contributed by atoms with Gasteiger partial charge in [0.25, 0.3) is 5.91 Å². The second kappa shape index (κ2) is 6.08. The third-order valence-corrected chi connectivity index (χ3v) is 4.52. The van der Waals surface area contributed by atoms with Crippen molar-refractivity contribution in [3.63, 3.8) is 0 Å². The number of primary amides is 1. The number of nitrogens with two attached hydrogens (primary N) is 1. The number of hydrogen-bond acceptors (Lipinski definition) is 4. The first-order valence-electron chi connectivity index (χ1n) is 7.95. The summed E-state index contributed by atoms with van der Waals surface area (Å²) in [6.45, 7) is 8.64. The third kappa shape index (κ3) is 3.24. The van der Waals surface area contributed by atoms with E-state index in [1.807, 2.05) is 25.1 Å². The van der Waals surface area contributed by atoms with Crippen molar-refractivity contribution < 1.29 is 4.79 Å². The largest absolute Gasteiger partial charge is 0.364 e. The van der Waals surface area contributed by atoms with Crippen LogP contribution in [0.25, 0.3) is 16.5 Å². The second-order valence-corrected chi connectivity index (χ2v) is 6.41. The topological polar surface area (TPSA) is 80.9 Å². The number of allylic oxidation sites excluding steroid dienone is 1. The molecule has 1 heterocycles. The average molecular weight is 310 g/mol. The first kappa shape index (κ1) is 15.6. The standard InChI is InChI=1S/C18H22N4O/c1-10(2)13-6-7-14-15(9-20-11(3)12-4-5-12)17(18(19)23)22-21-16(14)8-13/h6-8,11-12,20H,1,4-5,9H2,2-3H3,(H2,19,23). The highest BCUT2D eigenvalue weighted by atomic mass is 16.1. The number of carbonyl (C=O) groups excluding carboxylic acids is 1. The Bertz CT molecular complexity index is 780. The zero-order valence-corrected chi connectivity index (χ0v) is 13.6. The van der Waals surface area contributed by atoms with Crippen molar-refractivity contribution in [2.45, 2.75) is 39.3 Å². The average Bonchev–Trinajstić information content (AvgIpc) is 3.36. The van der Waals surface area contributed by atoms with E-state index in [1.165, 1.54) is 12.8 Å². The summed E-state index contributed by atoms with van der Waals surface area (Å²) >= 11 is 0. The lowest BCUT2D eigenvalue weighted by atomic mass is 10.0. The van der Waals surface area contributed by atoms with Gasteiger partial charge in [0.1, 0.15) is 0 Å². The van der Waals surface area contributed by atoms with Gasteiger partial charge >= 0.3 is 0 Å². The number of benzene rings is 1. The fourth-order valence-corrected chi connectivity index (χ4v) is 2.83. The Balaban J connectivity index is 2.01. The molecule has 1 unspecified atom stereocenters. The molecule has 1 atom stereocenters. The van der Waals surface area contributed by atoms with E-state index in [9.17, 15) is 4.79 Å². The number of fused-ring (bicyclic) bond motifs is 1. The molecule has 0 radical (unpaired) electrons. The van der Waals surface area contributed by atoms with E-state index in [-0.39, 0.29) is 5.69 Å². The van der Waals surface area contributed by atoms with E-state index in [1.54, 1.807) is 0 Å². The molecule has 0 spiro atoms. The Morgan fingerprint density at radius 1 is 1.43 bits per heavy atom. The predicted molar refractivity (Wildman–Crippen MR) is 91.8 cm³/mol. The SMILES string of the molecule is C=C(C)c1ccc2c(CNC(C)C3CC3)c(C(N)=O)nnc2c1. The molecular formula is C18H22N4O. The smallest absolute Gasteiger partial charge is 0.269 e. The Morgan fingerprint density at radius 2 is 2.17 bits per heavy atom. The minimum absolute atomic E-state index is 0.246. The molecule has 0 bridgehead atoms. The Hall–Kier alpha value is -2.27. The number of nitrogens with one attached hydrogen (secondary N) is 1. The lowest BCUT2D eigenvalue weighted by molar-refractivity contribution is 0.0993. The van der Waals surface area contributed by atoms with Crippen LogP contribution in [0.5, 0.6) is 0 Å². The molecule has 1 amide bonds. The van der Waals surface area contributed by atoms with Crippen LogP contribution in [0.15, 0.2) is 24.8 Å². The summed E-state index contributed by atoms with van der Waals surface area (Å²) in [6.07, 6.45) is 2.54. The first-order valence-corrected chi connectivity index (χ1v) is 7.95. The molecule has 0 aliphatic heterocycles. The molecule has 5 heteroatoms. The van der Waals surface area contributed by atoms with E-state index in [0.29, 0.717) is 12.6 Å². The molecule has 1 saturated carbocycles. The van der Waals surface area contributed by atoms with E-state index in [4.69, 9.17) is 5.73 Å². The van der Waals surface area contributed by atoms with Gasteiger partial charge in [-0.15, -0.1) is 10.2 Å². The first-order chi connectivity index (χ1) is 11.0. The zero-order chi connectivity index (χ0) is 16.6. The van der Waals surface area contributed by atoms with Crippen LogP contribution in [0.2, 0.25) is 0 Å². The molecule has 2 aromatic rings. The van der Waals surface area contributed by atoms with Crippen molar-refractivity contribution in [2.75, 3.05) is 0 Å². The monoisotopic (exact) mass is 310 g/mol. The van der Waals surface area contributed by atoms with Gasteiger partial charge in [-0.25, -0.2) is 0 Å². The number of aromatic nitrogens is 2. The molecule has 0 saturated heterocycles. The quantitative estimate of drug-likeness (QED) is 0.859. The summed E-state index contributed by atoms with van der Waals surface area (Å²) in [4.78, 5) is 11.7. The summed E-state index contributed by atoms with van der Waals surface area (Å²) < 4.78 is 0. The van der Waals surface area contributed by atoms with Crippen LogP contribution in [-0.4, -0.2) is 22.1 Å². The highest BCUT2D eigenvalue weighted by Gasteiger charge is 2.28. The van der Waals surface area contributed by atoms with Crippen LogP contribution in [-0.2, 0) is 6.54 Å². The van der Waals surface area contributed by atoms with Crippen LogP contribution in [0.1, 0.15) is 48.3 Å². The number of amides is 1. The van der Waals surface area contributed by atoms with Crippen molar-refractivity contribution >= 4 is 22.4 Å². The Labute approximate surface area is 136 Å². The molecule has 120 valence electrons. The number of rotatable bonds is 6. The molecule has 5 nitrogen and oxygen atoms in total. The second-order valence-electron chi connectivity index (χ2n) is 6.41. The summed E-state index contributed by atoms with van der Waals surface area (Å²) in [5.74, 6) is 0.197. The van der Waals surface area contributed by atoms with Crippen LogP contribution < -0.4 is 11.1 Å². The van der Waals surface area contributed by atoms with Gasteiger partial charge in [-0.3, -0.25) is 4.79 Å². The van der Waals surface area contributed by atoms with Crippen molar-refractivity contribution in [1.82, 2.24) is 15.5 Å². The summed E-state index contributed by atoms with van der Waals surface area (Å²) in [6, 6.07) is 6.33. The zero-order valence-electron chi connectivity index (χ0n) is 13.6. The number of carbonyl (C=O) groups is 1. The van der Waals surface area contributed by atoms with Gasteiger partial charge in [-0.05, 0) is 44.2 Å². The molecule has 1 fully saturated rings. The van der Waals surface area contributed by atoms with Gasteiger partial charge in [0.2, 0.25) is 0 Å².